The molecule has 0 saturated heterocycles. The number of phenols is 1. The summed E-state index contributed by atoms with van der Waals surface area (Å²) >= 11 is 0. The lowest BCUT2D eigenvalue weighted by molar-refractivity contribution is 0.474. The van der Waals surface area contributed by atoms with Gasteiger partial charge in [0.1, 0.15) is 5.75 Å². The lowest BCUT2D eigenvalue weighted by Gasteiger charge is -1.95. The Hall–Kier alpha value is -0.448. The zero-order valence-corrected chi connectivity index (χ0v) is 7.41. The van der Waals surface area contributed by atoms with Gasteiger partial charge in [-0.25, -0.2) is 0 Å². The van der Waals surface area contributed by atoms with Crippen molar-refractivity contribution in [2.24, 2.45) is 0 Å². The molecule has 1 aromatic carbocycles. The van der Waals surface area contributed by atoms with Crippen molar-refractivity contribution in [1.29, 1.82) is 0 Å². The summed E-state index contributed by atoms with van der Waals surface area (Å²) in [6.07, 6.45) is 0. The van der Waals surface area contributed by atoms with Crippen molar-refractivity contribution < 1.29 is 5.11 Å². The van der Waals surface area contributed by atoms with Crippen LogP contribution in [-0.2, 0) is 0 Å². The van der Waals surface area contributed by atoms with E-state index in [1.54, 1.807) is 12.1 Å². The number of aryl methyl sites for hydroxylation is 2. The van der Waals surface area contributed by atoms with Crippen molar-refractivity contribution in [1.82, 2.24) is 0 Å². The highest BCUT2D eigenvalue weighted by Crippen LogP contribution is 2.13. The van der Waals surface area contributed by atoms with Gasteiger partial charge in [-0.15, -0.1) is 0 Å². The molecule has 0 unspecified atom stereocenters. The van der Waals surface area contributed by atoms with Crippen molar-refractivity contribution >= 4 is 17.4 Å². The molecule has 0 saturated carbocycles. The SMILES string of the molecule is Cc1cc(C)cc(O)c1.[Al]. The highest BCUT2D eigenvalue weighted by atomic mass is 27.0. The van der Waals surface area contributed by atoms with E-state index in [0.29, 0.717) is 5.75 Å². The van der Waals surface area contributed by atoms with Gasteiger partial charge in [0.2, 0.25) is 0 Å². The second kappa shape index (κ2) is 3.66. The minimum absolute atomic E-state index is 0. The van der Waals surface area contributed by atoms with E-state index >= 15 is 0 Å². The number of rotatable bonds is 0. The molecular weight excluding hydrogens is 139 g/mol. The minimum atomic E-state index is 0. The molecule has 3 radical (unpaired) electrons. The number of phenolic OH excluding ortho intramolecular Hbond substituents is 1. The molecule has 1 rings (SSSR count). The lowest BCUT2D eigenvalue weighted by atomic mass is 10.1. The maximum atomic E-state index is 8.99. The minimum Gasteiger partial charge on any atom is -0.508 e. The van der Waals surface area contributed by atoms with Crippen molar-refractivity contribution in [2.75, 3.05) is 0 Å². The van der Waals surface area contributed by atoms with Crippen molar-refractivity contribution in [2.45, 2.75) is 13.8 Å². The Kier molecular flexibility index (Phi) is 3.49. The summed E-state index contributed by atoms with van der Waals surface area (Å²) in [6, 6.07) is 5.51. The summed E-state index contributed by atoms with van der Waals surface area (Å²) in [7, 11) is 0. The molecule has 0 atom stereocenters. The van der Waals surface area contributed by atoms with Gasteiger partial charge in [0.05, 0.1) is 0 Å². The van der Waals surface area contributed by atoms with E-state index in [9.17, 15) is 0 Å². The number of benzene rings is 1. The molecule has 0 fully saturated rings. The standard InChI is InChI=1S/C8H10O.Al/c1-6-3-7(2)5-8(9)4-6;/h3-5,9H,1-2H3;. The molecule has 0 aliphatic carbocycles. The topological polar surface area (TPSA) is 20.2 Å². The van der Waals surface area contributed by atoms with Gasteiger partial charge < -0.3 is 5.11 Å². The molecule has 0 bridgehead atoms. The van der Waals surface area contributed by atoms with Crippen LogP contribution in [0.25, 0.3) is 0 Å². The summed E-state index contributed by atoms with van der Waals surface area (Å²) in [5.41, 5.74) is 2.21. The van der Waals surface area contributed by atoms with Crippen LogP contribution in [0.4, 0.5) is 0 Å². The lowest BCUT2D eigenvalue weighted by Crippen LogP contribution is -1.74. The third-order valence-corrected chi connectivity index (χ3v) is 1.21. The van der Waals surface area contributed by atoms with E-state index in [-0.39, 0.29) is 17.4 Å². The molecule has 51 valence electrons. The fraction of sp³-hybridized carbons (Fsp3) is 0.250. The molecule has 1 nitrogen and oxygen atoms in total. The molecule has 0 aliphatic rings. The number of hydrogen-bond acceptors (Lipinski definition) is 1. The fourth-order valence-electron chi connectivity index (χ4n) is 0.951. The van der Waals surface area contributed by atoms with Gasteiger partial charge in [-0.05, 0) is 37.1 Å². The van der Waals surface area contributed by atoms with Gasteiger partial charge in [-0.2, -0.15) is 0 Å². The zero-order valence-electron chi connectivity index (χ0n) is 6.26. The first-order valence-corrected chi connectivity index (χ1v) is 2.96. The fourth-order valence-corrected chi connectivity index (χ4v) is 0.951. The third kappa shape index (κ3) is 2.43. The van der Waals surface area contributed by atoms with E-state index in [1.165, 1.54) is 0 Å². The maximum Gasteiger partial charge on any atom is 0.116 e. The van der Waals surface area contributed by atoms with Gasteiger partial charge in [0.25, 0.3) is 0 Å². The Morgan fingerprint density at radius 2 is 1.40 bits per heavy atom. The first-order valence-electron chi connectivity index (χ1n) is 2.96. The molecule has 1 aromatic rings. The van der Waals surface area contributed by atoms with Crippen LogP contribution in [0.2, 0.25) is 0 Å². The number of hydrogen-bond donors (Lipinski definition) is 1. The highest BCUT2D eigenvalue weighted by Gasteiger charge is 1.89. The second-order valence-corrected chi connectivity index (χ2v) is 2.35. The summed E-state index contributed by atoms with van der Waals surface area (Å²) < 4.78 is 0. The zero-order chi connectivity index (χ0) is 6.85. The van der Waals surface area contributed by atoms with Crippen molar-refractivity contribution in [3.63, 3.8) is 0 Å². The third-order valence-electron chi connectivity index (χ3n) is 1.21. The van der Waals surface area contributed by atoms with Crippen LogP contribution in [0, 0.1) is 13.8 Å². The molecule has 0 amide bonds. The van der Waals surface area contributed by atoms with Crippen LogP contribution in [0.15, 0.2) is 18.2 Å². The summed E-state index contributed by atoms with van der Waals surface area (Å²) in [5, 5.41) is 8.99. The summed E-state index contributed by atoms with van der Waals surface area (Å²) in [5.74, 6) is 0.354. The van der Waals surface area contributed by atoms with Gasteiger partial charge in [0.15, 0.2) is 0 Å². The van der Waals surface area contributed by atoms with Gasteiger partial charge in [-0.1, -0.05) is 6.07 Å². The predicted octanol–water partition coefficient (Wildman–Crippen LogP) is 1.63. The second-order valence-electron chi connectivity index (χ2n) is 2.35. The van der Waals surface area contributed by atoms with E-state index in [0.717, 1.165) is 11.1 Å². The first-order chi connectivity index (χ1) is 4.18. The van der Waals surface area contributed by atoms with Crippen LogP contribution in [0.5, 0.6) is 5.75 Å². The van der Waals surface area contributed by atoms with E-state index in [1.807, 2.05) is 19.9 Å². The average Bonchev–Trinajstić information content (AvgIpc) is 1.59. The molecule has 10 heavy (non-hydrogen) atoms. The average molecular weight is 149 g/mol. The Morgan fingerprint density at radius 3 is 1.70 bits per heavy atom. The molecule has 0 aromatic heterocycles. The maximum absolute atomic E-state index is 8.99. The van der Waals surface area contributed by atoms with Crippen LogP contribution in [-0.4, -0.2) is 22.5 Å². The monoisotopic (exact) mass is 149 g/mol. The Balaban J connectivity index is 0.000000810. The molecule has 1 N–H and O–H groups in total. The largest absolute Gasteiger partial charge is 0.508 e. The van der Waals surface area contributed by atoms with Gasteiger partial charge >= 0.3 is 0 Å². The van der Waals surface area contributed by atoms with Crippen LogP contribution in [0.3, 0.4) is 0 Å². The Bertz CT molecular complexity index is 170. The van der Waals surface area contributed by atoms with Gasteiger partial charge in [0, 0.05) is 17.4 Å². The predicted molar refractivity (Wildman–Crippen MR) is 43.3 cm³/mol. The highest BCUT2D eigenvalue weighted by molar-refractivity contribution is 5.75. The Morgan fingerprint density at radius 1 is 1.00 bits per heavy atom. The smallest absolute Gasteiger partial charge is 0.116 e. The molecule has 0 spiro atoms. The quantitative estimate of drug-likeness (QED) is 0.556. The molecule has 2 heteroatoms. The van der Waals surface area contributed by atoms with E-state index in [2.05, 4.69) is 0 Å². The van der Waals surface area contributed by atoms with Gasteiger partial charge in [-0.3, -0.25) is 0 Å². The van der Waals surface area contributed by atoms with Crippen molar-refractivity contribution in [3.05, 3.63) is 29.3 Å². The summed E-state index contributed by atoms with van der Waals surface area (Å²) in [4.78, 5) is 0. The van der Waals surface area contributed by atoms with Crippen LogP contribution < -0.4 is 0 Å². The van der Waals surface area contributed by atoms with E-state index < -0.39 is 0 Å². The van der Waals surface area contributed by atoms with Crippen molar-refractivity contribution in [3.8, 4) is 5.75 Å². The first kappa shape index (κ1) is 9.55. The van der Waals surface area contributed by atoms with Crippen LogP contribution >= 0.6 is 0 Å². The summed E-state index contributed by atoms with van der Waals surface area (Å²) in [6.45, 7) is 3.93. The van der Waals surface area contributed by atoms with Crippen LogP contribution in [0.1, 0.15) is 11.1 Å². The molecule has 0 aliphatic heterocycles. The molecule has 0 heterocycles. The van der Waals surface area contributed by atoms with E-state index in [4.69, 9.17) is 5.11 Å². The number of aromatic hydroxyl groups is 1. The normalized spacial score (nSPS) is 8.60. The molecular formula is C8H10AlO. The Labute approximate surface area is 71.8 Å².